The van der Waals surface area contributed by atoms with Crippen molar-refractivity contribution in [2.45, 2.75) is 13.8 Å². The van der Waals surface area contributed by atoms with Crippen LogP contribution in [0.5, 0.6) is 0 Å². The monoisotopic (exact) mass is 253 g/mol. The van der Waals surface area contributed by atoms with E-state index in [4.69, 9.17) is 11.6 Å². The summed E-state index contributed by atoms with van der Waals surface area (Å²) in [4.78, 5) is 2.42. The quantitative estimate of drug-likeness (QED) is 0.749. The Balaban J connectivity index is 2.07. The molecule has 1 saturated heterocycles. The molecule has 1 aromatic carbocycles. The van der Waals surface area contributed by atoms with Gasteiger partial charge in [0.1, 0.15) is 0 Å². The second kappa shape index (κ2) is 5.28. The zero-order chi connectivity index (χ0) is 12.3. The van der Waals surface area contributed by atoms with Crippen molar-refractivity contribution in [1.82, 2.24) is 0 Å². The van der Waals surface area contributed by atoms with Crippen molar-refractivity contribution in [3.8, 4) is 0 Å². The van der Waals surface area contributed by atoms with E-state index in [0.717, 1.165) is 18.1 Å². The van der Waals surface area contributed by atoms with E-state index in [-0.39, 0.29) is 0 Å². The minimum Gasteiger partial charge on any atom is -0.359 e. The van der Waals surface area contributed by atoms with E-state index in [1.807, 2.05) is 12.1 Å². The Morgan fingerprint density at radius 3 is 2.24 bits per heavy atom. The number of quaternary nitrogens is 1. The lowest BCUT2D eigenvalue weighted by molar-refractivity contribution is -0.925. The summed E-state index contributed by atoms with van der Waals surface area (Å²) < 4.78 is 1.25. The van der Waals surface area contributed by atoms with Gasteiger partial charge in [0, 0.05) is 0 Å². The minimum atomic E-state index is 0.875. The number of benzene rings is 1. The lowest BCUT2D eigenvalue weighted by atomic mass is 10.2. The number of hydrogen-bond donors (Lipinski definition) is 0. The van der Waals surface area contributed by atoms with Gasteiger partial charge in [0.25, 0.3) is 0 Å². The third kappa shape index (κ3) is 2.58. The summed E-state index contributed by atoms with van der Waals surface area (Å²) >= 11 is 6.25. The maximum absolute atomic E-state index is 6.25. The van der Waals surface area contributed by atoms with Crippen LogP contribution in [0.1, 0.15) is 13.8 Å². The average Bonchev–Trinajstić information content (AvgIpc) is 2.40. The molecule has 1 aromatic rings. The molecule has 1 heterocycles. The Bertz CT molecular complexity index is 364. The second-order valence-corrected chi connectivity index (χ2v) is 5.27. The summed E-state index contributed by atoms with van der Waals surface area (Å²) in [5.41, 5.74) is 1.19. The molecule has 1 fully saturated rings. The molecule has 0 aliphatic carbocycles. The summed E-state index contributed by atoms with van der Waals surface area (Å²) in [5, 5.41) is 0.875. The molecule has 2 rings (SSSR count). The van der Waals surface area contributed by atoms with E-state index < -0.39 is 0 Å². The van der Waals surface area contributed by atoms with Crippen LogP contribution < -0.4 is 4.90 Å². The van der Waals surface area contributed by atoms with Crippen molar-refractivity contribution in [3.05, 3.63) is 29.3 Å². The minimum absolute atomic E-state index is 0.875. The fourth-order valence-electron chi connectivity index (χ4n) is 2.69. The van der Waals surface area contributed by atoms with Gasteiger partial charge in [-0.2, -0.15) is 0 Å². The predicted octanol–water partition coefficient (Wildman–Crippen LogP) is 3.02. The number of nitrogens with zero attached hydrogens (tertiary/aromatic N) is 2. The maximum atomic E-state index is 6.25. The van der Waals surface area contributed by atoms with Crippen LogP contribution in [-0.2, 0) is 0 Å². The molecule has 3 heteroatoms. The van der Waals surface area contributed by atoms with Gasteiger partial charge < -0.3 is 9.38 Å². The van der Waals surface area contributed by atoms with Gasteiger partial charge >= 0.3 is 0 Å². The largest absolute Gasteiger partial charge is 0.359 e. The summed E-state index contributed by atoms with van der Waals surface area (Å²) in [6, 6.07) is 8.17. The van der Waals surface area contributed by atoms with Crippen molar-refractivity contribution < 1.29 is 4.48 Å². The van der Waals surface area contributed by atoms with E-state index in [0.29, 0.717) is 0 Å². The number of anilines is 1. The van der Waals surface area contributed by atoms with Crippen LogP contribution in [0.15, 0.2) is 24.3 Å². The number of para-hydroxylation sites is 1. The highest BCUT2D eigenvalue weighted by Crippen LogP contribution is 2.27. The zero-order valence-corrected chi connectivity index (χ0v) is 11.6. The van der Waals surface area contributed by atoms with Gasteiger partial charge in [0.15, 0.2) is 0 Å². The Morgan fingerprint density at radius 2 is 1.71 bits per heavy atom. The molecule has 0 aromatic heterocycles. The first-order valence-corrected chi connectivity index (χ1v) is 6.93. The highest BCUT2D eigenvalue weighted by atomic mass is 35.5. The van der Waals surface area contributed by atoms with E-state index in [2.05, 4.69) is 30.9 Å². The lowest BCUT2D eigenvalue weighted by Gasteiger charge is -2.44. The normalized spacial score (nSPS) is 19.4. The fraction of sp³-hybridized carbons (Fsp3) is 0.571. The summed E-state index contributed by atoms with van der Waals surface area (Å²) in [6.45, 7) is 11.8. The van der Waals surface area contributed by atoms with Gasteiger partial charge in [-0.25, -0.2) is 0 Å². The van der Waals surface area contributed by atoms with Crippen LogP contribution in [0.4, 0.5) is 5.69 Å². The number of piperazine rings is 1. The highest BCUT2D eigenvalue weighted by molar-refractivity contribution is 6.33. The number of hydrogen-bond acceptors (Lipinski definition) is 1. The van der Waals surface area contributed by atoms with Gasteiger partial charge in [-0.05, 0) is 26.0 Å². The van der Waals surface area contributed by atoms with Crippen molar-refractivity contribution in [2.75, 3.05) is 44.2 Å². The van der Waals surface area contributed by atoms with Crippen LogP contribution in [0, 0.1) is 0 Å². The first-order chi connectivity index (χ1) is 8.21. The molecule has 0 radical (unpaired) electrons. The van der Waals surface area contributed by atoms with Crippen LogP contribution in [0.2, 0.25) is 5.02 Å². The molecular formula is C14H22ClN2+. The maximum Gasteiger partial charge on any atom is 0.0965 e. The smallest absolute Gasteiger partial charge is 0.0965 e. The van der Waals surface area contributed by atoms with E-state index >= 15 is 0 Å². The Labute approximate surface area is 109 Å². The van der Waals surface area contributed by atoms with E-state index in [1.165, 1.54) is 36.3 Å². The van der Waals surface area contributed by atoms with Crippen molar-refractivity contribution in [1.29, 1.82) is 0 Å². The molecule has 2 nitrogen and oxygen atoms in total. The van der Waals surface area contributed by atoms with Crippen molar-refractivity contribution in [2.24, 2.45) is 0 Å². The molecule has 0 unspecified atom stereocenters. The van der Waals surface area contributed by atoms with Crippen LogP contribution >= 0.6 is 11.6 Å². The Morgan fingerprint density at radius 1 is 1.12 bits per heavy atom. The van der Waals surface area contributed by atoms with Gasteiger partial charge in [-0.15, -0.1) is 0 Å². The fourth-order valence-corrected chi connectivity index (χ4v) is 2.95. The third-order valence-corrected chi connectivity index (χ3v) is 4.54. The Kier molecular flexibility index (Phi) is 3.95. The molecular weight excluding hydrogens is 232 g/mol. The van der Waals surface area contributed by atoms with Crippen LogP contribution in [-0.4, -0.2) is 43.8 Å². The van der Waals surface area contributed by atoms with Crippen LogP contribution in [0.25, 0.3) is 0 Å². The summed E-state index contributed by atoms with van der Waals surface area (Å²) in [5.74, 6) is 0. The zero-order valence-electron chi connectivity index (χ0n) is 10.8. The number of halogens is 1. The molecule has 0 N–H and O–H groups in total. The molecule has 0 spiro atoms. The predicted molar refractivity (Wildman–Crippen MR) is 74.7 cm³/mol. The molecule has 1 aliphatic rings. The van der Waals surface area contributed by atoms with Crippen molar-refractivity contribution in [3.63, 3.8) is 0 Å². The second-order valence-electron chi connectivity index (χ2n) is 4.86. The molecule has 94 valence electrons. The molecule has 0 amide bonds. The van der Waals surface area contributed by atoms with Crippen molar-refractivity contribution >= 4 is 17.3 Å². The first kappa shape index (κ1) is 12.7. The third-order valence-electron chi connectivity index (χ3n) is 4.22. The lowest BCUT2D eigenvalue weighted by Crippen LogP contribution is -2.59. The van der Waals surface area contributed by atoms with Crippen LogP contribution in [0.3, 0.4) is 0 Å². The van der Waals surface area contributed by atoms with Gasteiger partial charge in [0.2, 0.25) is 0 Å². The SMILES string of the molecule is CC[N+]1(CC)CCN(c2ccccc2Cl)CC1. The topological polar surface area (TPSA) is 3.24 Å². The summed E-state index contributed by atoms with van der Waals surface area (Å²) in [6.07, 6.45) is 0. The van der Waals surface area contributed by atoms with E-state index in [9.17, 15) is 0 Å². The van der Waals surface area contributed by atoms with Gasteiger partial charge in [-0.3, -0.25) is 0 Å². The summed E-state index contributed by atoms with van der Waals surface area (Å²) in [7, 11) is 0. The Hall–Kier alpha value is -0.730. The number of likely N-dealkylation sites (N-methyl/N-ethyl adjacent to an activating group) is 1. The molecule has 0 atom stereocenters. The molecule has 0 saturated carbocycles. The molecule has 17 heavy (non-hydrogen) atoms. The standard InChI is InChI=1S/C14H22ClN2/c1-3-17(4-2)11-9-16(10-12-17)14-8-6-5-7-13(14)15/h5-8H,3-4,9-12H2,1-2H3/q+1. The van der Waals surface area contributed by atoms with E-state index in [1.54, 1.807) is 0 Å². The van der Waals surface area contributed by atoms with Gasteiger partial charge in [-0.1, -0.05) is 23.7 Å². The molecule has 0 bridgehead atoms. The first-order valence-electron chi connectivity index (χ1n) is 6.55. The highest BCUT2D eigenvalue weighted by Gasteiger charge is 2.30. The van der Waals surface area contributed by atoms with Gasteiger partial charge in [0.05, 0.1) is 50.0 Å². The average molecular weight is 254 g/mol. The number of rotatable bonds is 3. The molecule has 1 aliphatic heterocycles.